The van der Waals surface area contributed by atoms with Crippen LogP contribution in [0.2, 0.25) is 0 Å². The Morgan fingerprint density at radius 1 is 1.16 bits per heavy atom. The van der Waals surface area contributed by atoms with E-state index >= 15 is 0 Å². The molecule has 1 aromatic heterocycles. The minimum atomic E-state index is 0.0804. The normalized spacial score (nSPS) is 17.0. The molecular formula is C24H41N3O5. The highest BCUT2D eigenvalue weighted by Crippen LogP contribution is 2.34. The minimum absolute atomic E-state index is 0.0804. The van der Waals surface area contributed by atoms with Gasteiger partial charge in [-0.15, -0.1) is 11.0 Å². The van der Waals surface area contributed by atoms with E-state index < -0.39 is 0 Å². The average Bonchev–Trinajstić information content (AvgIpc) is 3.20. The van der Waals surface area contributed by atoms with Gasteiger partial charge in [0.05, 0.1) is 6.61 Å². The summed E-state index contributed by atoms with van der Waals surface area (Å²) in [7, 11) is 0. The standard InChI is InChI=1S/C20H35N3O.C4H6O4/c1-20(2,3)17-9-13-22(14-10-17)11-6-7-15-24-19-16-18-8-4-5-12-23(18)21-19;1-2-3-4-6-8-7-5/h16-17H,4-15H2,1-3H3;5H,4H2,1H3. The summed E-state index contributed by atoms with van der Waals surface area (Å²) in [4.78, 5) is 6.71. The van der Waals surface area contributed by atoms with E-state index in [4.69, 9.17) is 9.99 Å². The first kappa shape index (κ1) is 26.6. The van der Waals surface area contributed by atoms with Crippen LogP contribution in [0.15, 0.2) is 6.07 Å². The zero-order valence-corrected chi connectivity index (χ0v) is 20.3. The van der Waals surface area contributed by atoms with E-state index in [2.05, 4.69) is 68.3 Å². The first-order chi connectivity index (χ1) is 15.4. The molecule has 0 aliphatic carbocycles. The molecule has 1 N–H and O–H groups in total. The van der Waals surface area contributed by atoms with E-state index in [1.54, 1.807) is 6.92 Å². The summed E-state index contributed by atoms with van der Waals surface area (Å²) in [6.45, 7) is 14.5. The summed E-state index contributed by atoms with van der Waals surface area (Å²) >= 11 is 0. The van der Waals surface area contributed by atoms with Crippen molar-refractivity contribution in [1.29, 1.82) is 0 Å². The molecule has 8 nitrogen and oxygen atoms in total. The van der Waals surface area contributed by atoms with Crippen LogP contribution in [0.5, 0.6) is 5.88 Å². The van der Waals surface area contributed by atoms with Gasteiger partial charge in [-0.25, -0.2) is 5.26 Å². The molecule has 0 spiro atoms. The number of hydrogen-bond donors (Lipinski definition) is 1. The van der Waals surface area contributed by atoms with Crippen molar-refractivity contribution in [3.63, 3.8) is 0 Å². The second kappa shape index (κ2) is 14.5. The Morgan fingerprint density at radius 3 is 2.59 bits per heavy atom. The molecule has 0 unspecified atom stereocenters. The molecule has 182 valence electrons. The monoisotopic (exact) mass is 451 g/mol. The number of piperidine rings is 1. The zero-order chi connectivity index (χ0) is 23.2. The Morgan fingerprint density at radius 2 is 1.94 bits per heavy atom. The fourth-order valence-corrected chi connectivity index (χ4v) is 4.25. The van der Waals surface area contributed by atoms with Crippen molar-refractivity contribution in [1.82, 2.24) is 14.7 Å². The largest absolute Gasteiger partial charge is 0.477 e. The molecule has 2 aliphatic rings. The molecule has 2 aliphatic heterocycles. The third-order valence-electron chi connectivity index (χ3n) is 6.21. The summed E-state index contributed by atoms with van der Waals surface area (Å²) in [6.07, 6.45) is 8.77. The maximum absolute atomic E-state index is 7.47. The van der Waals surface area contributed by atoms with Gasteiger partial charge in [-0.1, -0.05) is 26.7 Å². The number of aromatic nitrogens is 2. The molecule has 1 saturated heterocycles. The van der Waals surface area contributed by atoms with E-state index in [-0.39, 0.29) is 6.61 Å². The number of unbranched alkanes of at least 4 members (excludes halogenated alkanes) is 1. The van der Waals surface area contributed by atoms with Gasteiger partial charge in [-0.05, 0) is 92.9 Å². The molecule has 0 amide bonds. The Kier molecular flexibility index (Phi) is 12.1. The van der Waals surface area contributed by atoms with E-state index in [0.717, 1.165) is 37.8 Å². The SMILES string of the molecule is CC#CCOOOO.CC(C)(C)C1CCN(CCCCOc2cc3n(n2)CCCC3)CC1. The Hall–Kier alpha value is -1.63. The van der Waals surface area contributed by atoms with Crippen molar-refractivity contribution >= 4 is 0 Å². The van der Waals surface area contributed by atoms with Crippen molar-refractivity contribution in [2.45, 2.75) is 79.2 Å². The topological polar surface area (TPSA) is 78.2 Å². The van der Waals surface area contributed by atoms with Crippen LogP contribution in [-0.4, -0.2) is 52.8 Å². The molecule has 0 radical (unpaired) electrons. The van der Waals surface area contributed by atoms with E-state index in [0.29, 0.717) is 5.41 Å². The number of nitrogens with zero attached hydrogens (tertiary/aromatic N) is 3. The molecule has 32 heavy (non-hydrogen) atoms. The molecule has 3 rings (SSSR count). The number of likely N-dealkylation sites (tertiary alicyclic amines) is 1. The van der Waals surface area contributed by atoms with Crippen LogP contribution >= 0.6 is 0 Å². The van der Waals surface area contributed by atoms with Gasteiger partial charge in [-0.3, -0.25) is 4.68 Å². The number of fused-ring (bicyclic) bond motifs is 1. The summed E-state index contributed by atoms with van der Waals surface area (Å²) < 4.78 is 7.98. The first-order valence-corrected chi connectivity index (χ1v) is 11.8. The van der Waals surface area contributed by atoms with Gasteiger partial charge in [0.15, 0.2) is 0 Å². The van der Waals surface area contributed by atoms with Gasteiger partial charge in [0.2, 0.25) is 5.88 Å². The Bertz CT molecular complexity index is 673. The fourth-order valence-electron chi connectivity index (χ4n) is 4.25. The summed E-state index contributed by atoms with van der Waals surface area (Å²) in [5.41, 5.74) is 1.82. The molecule has 1 aromatic rings. The van der Waals surface area contributed by atoms with Crippen molar-refractivity contribution in [3.05, 3.63) is 11.8 Å². The lowest BCUT2D eigenvalue weighted by molar-refractivity contribution is -0.620. The molecule has 0 saturated carbocycles. The minimum Gasteiger partial charge on any atom is -0.477 e. The van der Waals surface area contributed by atoms with E-state index in [1.807, 2.05) is 0 Å². The van der Waals surface area contributed by atoms with Crippen LogP contribution in [0.25, 0.3) is 0 Å². The van der Waals surface area contributed by atoms with Crippen molar-refractivity contribution < 1.29 is 25.0 Å². The van der Waals surface area contributed by atoms with Crippen LogP contribution in [-0.2, 0) is 27.9 Å². The molecule has 1 fully saturated rings. The summed E-state index contributed by atoms with van der Waals surface area (Å²) in [5, 5.41) is 18.7. The zero-order valence-electron chi connectivity index (χ0n) is 20.3. The third kappa shape index (κ3) is 9.88. The highest BCUT2D eigenvalue weighted by molar-refractivity contribution is 5.16. The highest BCUT2D eigenvalue weighted by Gasteiger charge is 2.28. The average molecular weight is 452 g/mol. The van der Waals surface area contributed by atoms with Gasteiger partial charge < -0.3 is 9.64 Å². The van der Waals surface area contributed by atoms with Gasteiger partial charge in [0, 0.05) is 18.3 Å². The fraction of sp³-hybridized carbons (Fsp3) is 0.792. The second-order valence-corrected chi connectivity index (χ2v) is 9.52. The smallest absolute Gasteiger partial charge is 0.232 e. The van der Waals surface area contributed by atoms with Crippen LogP contribution in [0.4, 0.5) is 0 Å². The summed E-state index contributed by atoms with van der Waals surface area (Å²) in [6, 6.07) is 2.14. The van der Waals surface area contributed by atoms with Crippen molar-refractivity contribution in [2.75, 3.05) is 32.8 Å². The third-order valence-corrected chi connectivity index (χ3v) is 6.21. The Labute approximate surface area is 192 Å². The van der Waals surface area contributed by atoms with Crippen LogP contribution in [0.1, 0.15) is 71.9 Å². The molecule has 8 heteroatoms. The van der Waals surface area contributed by atoms with Gasteiger partial charge in [0.25, 0.3) is 0 Å². The van der Waals surface area contributed by atoms with Crippen molar-refractivity contribution in [2.24, 2.45) is 11.3 Å². The van der Waals surface area contributed by atoms with Crippen LogP contribution in [0.3, 0.4) is 0 Å². The number of ether oxygens (including phenoxy) is 1. The quantitative estimate of drug-likeness (QED) is 0.256. The maximum atomic E-state index is 7.47. The van der Waals surface area contributed by atoms with E-state index in [1.165, 1.54) is 57.4 Å². The predicted octanol–water partition coefficient (Wildman–Crippen LogP) is 4.50. The number of aryl methyl sites for hydroxylation is 2. The van der Waals surface area contributed by atoms with Gasteiger partial charge in [-0.2, -0.15) is 4.89 Å². The predicted molar refractivity (Wildman–Crippen MR) is 123 cm³/mol. The first-order valence-electron chi connectivity index (χ1n) is 11.8. The van der Waals surface area contributed by atoms with Crippen LogP contribution < -0.4 is 4.74 Å². The lowest BCUT2D eigenvalue weighted by Gasteiger charge is -2.38. The van der Waals surface area contributed by atoms with Gasteiger partial charge >= 0.3 is 0 Å². The molecular weight excluding hydrogens is 410 g/mol. The highest BCUT2D eigenvalue weighted by atomic mass is 17.6. The molecule has 0 bridgehead atoms. The lowest BCUT2D eigenvalue weighted by Crippen LogP contribution is -2.38. The summed E-state index contributed by atoms with van der Waals surface area (Å²) in [5.74, 6) is 6.75. The van der Waals surface area contributed by atoms with Crippen molar-refractivity contribution in [3.8, 4) is 17.7 Å². The van der Waals surface area contributed by atoms with Gasteiger partial charge in [0.1, 0.15) is 6.61 Å². The lowest BCUT2D eigenvalue weighted by atomic mass is 9.75. The van der Waals surface area contributed by atoms with E-state index in [9.17, 15) is 0 Å². The Balaban J connectivity index is 0.000000390. The number of hydrogen-bond acceptors (Lipinski definition) is 7. The second-order valence-electron chi connectivity index (χ2n) is 9.52. The maximum Gasteiger partial charge on any atom is 0.232 e. The molecule has 3 heterocycles. The molecule has 0 aromatic carbocycles. The number of rotatable bonds is 9. The molecule has 0 atom stereocenters. The van der Waals surface area contributed by atoms with Crippen LogP contribution in [0, 0.1) is 23.2 Å².